The number of nitrogens with zero attached hydrogens (tertiary/aromatic N) is 1. The minimum atomic E-state index is -1.04. The van der Waals surface area contributed by atoms with Crippen molar-refractivity contribution in [2.75, 3.05) is 19.8 Å². The van der Waals surface area contributed by atoms with Gasteiger partial charge in [-0.1, -0.05) is 30.3 Å². The van der Waals surface area contributed by atoms with Crippen LogP contribution in [0.5, 0.6) is 0 Å². The van der Waals surface area contributed by atoms with E-state index in [0.29, 0.717) is 13.0 Å². The highest BCUT2D eigenvalue weighted by atomic mass is 16.6. The van der Waals surface area contributed by atoms with Gasteiger partial charge >= 0.3 is 0 Å². The van der Waals surface area contributed by atoms with Gasteiger partial charge < -0.3 is 19.8 Å². The Hall–Kier alpha value is -1.43. The zero-order valence-corrected chi connectivity index (χ0v) is 10.5. The van der Waals surface area contributed by atoms with Gasteiger partial charge in [-0.05, 0) is 12.0 Å². The Morgan fingerprint density at radius 1 is 1.37 bits per heavy atom. The largest absolute Gasteiger partial charge is 0.394 e. The summed E-state index contributed by atoms with van der Waals surface area (Å²) in [7, 11) is 0. The lowest BCUT2D eigenvalue weighted by Crippen LogP contribution is -2.51. The van der Waals surface area contributed by atoms with E-state index in [2.05, 4.69) is 0 Å². The van der Waals surface area contributed by atoms with Crippen molar-refractivity contribution in [1.82, 2.24) is 4.90 Å². The summed E-state index contributed by atoms with van der Waals surface area (Å²) in [6.45, 7) is 0.118. The van der Waals surface area contributed by atoms with Crippen molar-refractivity contribution in [2.45, 2.75) is 24.2 Å². The summed E-state index contributed by atoms with van der Waals surface area (Å²) in [4.78, 5) is 14.0. The number of benzene rings is 1. The quantitative estimate of drug-likeness (QED) is 0.755. The molecule has 3 atom stereocenters. The third kappa shape index (κ3) is 1.85. The topological polar surface area (TPSA) is 73.3 Å². The summed E-state index contributed by atoms with van der Waals surface area (Å²) in [6, 6.07) is 9.06. The van der Waals surface area contributed by atoms with Crippen molar-refractivity contribution in [2.24, 2.45) is 0 Å². The van der Waals surface area contributed by atoms with E-state index >= 15 is 0 Å². The van der Waals surface area contributed by atoms with Gasteiger partial charge in [-0.15, -0.1) is 0 Å². The predicted octanol–water partition coefficient (Wildman–Crippen LogP) is 0.0822. The number of aliphatic hydroxyl groups excluding tert-OH is 2. The SMILES string of the molecule is O=C1N([C@@H](CO)c2ccccc2)CC[C@H]2O[C@@]12CO. The molecule has 2 heterocycles. The van der Waals surface area contributed by atoms with Crippen LogP contribution in [0.25, 0.3) is 0 Å². The highest BCUT2D eigenvalue weighted by molar-refractivity contribution is 5.90. The molecule has 0 bridgehead atoms. The third-order valence-corrected chi connectivity index (χ3v) is 4.04. The van der Waals surface area contributed by atoms with Crippen molar-refractivity contribution < 1.29 is 19.7 Å². The summed E-state index contributed by atoms with van der Waals surface area (Å²) in [5, 5.41) is 19.0. The minimum Gasteiger partial charge on any atom is -0.394 e. The van der Waals surface area contributed by atoms with E-state index < -0.39 is 5.60 Å². The molecule has 2 N–H and O–H groups in total. The molecule has 19 heavy (non-hydrogen) atoms. The van der Waals surface area contributed by atoms with Gasteiger partial charge in [-0.25, -0.2) is 0 Å². The number of amides is 1. The maximum Gasteiger partial charge on any atom is 0.260 e. The van der Waals surface area contributed by atoms with Gasteiger partial charge in [0.25, 0.3) is 5.91 Å². The molecule has 3 rings (SSSR count). The number of piperidine rings is 1. The molecule has 0 spiro atoms. The van der Waals surface area contributed by atoms with E-state index in [1.165, 1.54) is 0 Å². The molecule has 2 fully saturated rings. The lowest BCUT2D eigenvalue weighted by molar-refractivity contribution is -0.143. The van der Waals surface area contributed by atoms with E-state index in [-0.39, 0.29) is 31.3 Å². The van der Waals surface area contributed by atoms with E-state index in [9.17, 15) is 15.0 Å². The first kappa shape index (κ1) is 12.6. The molecule has 0 radical (unpaired) electrons. The Bertz CT molecular complexity index is 478. The maximum absolute atomic E-state index is 12.4. The predicted molar refractivity (Wildman–Crippen MR) is 67.3 cm³/mol. The number of carbonyl (C=O) groups excluding carboxylic acids is 1. The average Bonchev–Trinajstić information content (AvgIpc) is 3.19. The van der Waals surface area contributed by atoms with Crippen LogP contribution >= 0.6 is 0 Å². The van der Waals surface area contributed by atoms with Gasteiger partial charge in [0.05, 0.1) is 19.3 Å². The van der Waals surface area contributed by atoms with Crippen molar-refractivity contribution in [3.63, 3.8) is 0 Å². The van der Waals surface area contributed by atoms with Crippen LogP contribution in [0.4, 0.5) is 0 Å². The van der Waals surface area contributed by atoms with Crippen LogP contribution < -0.4 is 0 Å². The van der Waals surface area contributed by atoms with Gasteiger partial charge in [0.15, 0.2) is 5.60 Å². The molecule has 1 aromatic rings. The van der Waals surface area contributed by atoms with Crippen LogP contribution in [-0.4, -0.2) is 52.5 Å². The molecule has 1 aromatic carbocycles. The Kier molecular flexibility index (Phi) is 3.05. The number of likely N-dealkylation sites (tertiary alicyclic amines) is 1. The molecule has 5 heteroatoms. The second-order valence-corrected chi connectivity index (χ2v) is 5.05. The van der Waals surface area contributed by atoms with E-state index in [0.717, 1.165) is 5.56 Å². The van der Waals surface area contributed by atoms with Crippen LogP contribution in [0.2, 0.25) is 0 Å². The van der Waals surface area contributed by atoms with E-state index in [4.69, 9.17) is 4.74 Å². The van der Waals surface area contributed by atoms with Crippen molar-refractivity contribution >= 4 is 5.91 Å². The van der Waals surface area contributed by atoms with E-state index in [1.54, 1.807) is 4.90 Å². The standard InChI is InChI=1S/C14H17NO4/c16-8-11(10-4-2-1-3-5-10)15-7-6-12-14(9-17,19-12)13(15)18/h1-5,11-12,16-17H,6-9H2/t11-,12+,14+/m0/s1. The van der Waals surface area contributed by atoms with E-state index in [1.807, 2.05) is 30.3 Å². The molecule has 102 valence electrons. The number of hydrogen-bond donors (Lipinski definition) is 2. The lowest BCUT2D eigenvalue weighted by Gasteiger charge is -2.35. The summed E-state index contributed by atoms with van der Waals surface area (Å²) >= 11 is 0. The number of ether oxygens (including phenoxy) is 1. The molecule has 2 aliphatic heterocycles. The third-order valence-electron chi connectivity index (χ3n) is 4.04. The molecule has 0 unspecified atom stereocenters. The first-order valence-corrected chi connectivity index (χ1v) is 6.48. The number of hydrogen-bond acceptors (Lipinski definition) is 4. The molecule has 2 aliphatic rings. The second-order valence-electron chi connectivity index (χ2n) is 5.05. The maximum atomic E-state index is 12.4. The van der Waals surface area contributed by atoms with Gasteiger partial charge in [-0.3, -0.25) is 4.79 Å². The van der Waals surface area contributed by atoms with Gasteiger partial charge in [0.1, 0.15) is 6.10 Å². The smallest absolute Gasteiger partial charge is 0.260 e. The van der Waals surface area contributed by atoms with Crippen molar-refractivity contribution in [3.05, 3.63) is 35.9 Å². The first-order valence-electron chi connectivity index (χ1n) is 6.48. The second kappa shape index (κ2) is 4.59. The fraction of sp³-hybridized carbons (Fsp3) is 0.500. The van der Waals surface area contributed by atoms with Crippen LogP contribution in [0, 0.1) is 0 Å². The van der Waals surface area contributed by atoms with Crippen LogP contribution in [0.15, 0.2) is 30.3 Å². The number of epoxide rings is 1. The monoisotopic (exact) mass is 263 g/mol. The summed E-state index contributed by atoms with van der Waals surface area (Å²) in [6.07, 6.45) is 0.548. The number of fused-ring (bicyclic) bond motifs is 1. The van der Waals surface area contributed by atoms with Crippen molar-refractivity contribution in [3.8, 4) is 0 Å². The Morgan fingerprint density at radius 2 is 2.11 bits per heavy atom. The molecule has 0 saturated carbocycles. The van der Waals surface area contributed by atoms with Crippen molar-refractivity contribution in [1.29, 1.82) is 0 Å². The highest BCUT2D eigenvalue weighted by Gasteiger charge is 2.66. The number of aliphatic hydroxyl groups is 2. The fourth-order valence-electron chi connectivity index (χ4n) is 2.86. The number of carbonyl (C=O) groups is 1. The molecule has 5 nitrogen and oxygen atoms in total. The zero-order valence-electron chi connectivity index (χ0n) is 10.5. The molecule has 0 aliphatic carbocycles. The van der Waals surface area contributed by atoms with Gasteiger partial charge in [-0.2, -0.15) is 0 Å². The number of rotatable bonds is 4. The van der Waals surface area contributed by atoms with Crippen LogP contribution in [-0.2, 0) is 9.53 Å². The fourth-order valence-corrected chi connectivity index (χ4v) is 2.86. The summed E-state index contributed by atoms with van der Waals surface area (Å²) < 4.78 is 5.36. The molecular formula is C14H17NO4. The Balaban J connectivity index is 1.86. The lowest BCUT2D eigenvalue weighted by atomic mass is 9.94. The summed E-state index contributed by atoms with van der Waals surface area (Å²) in [5.74, 6) is -0.214. The Labute approximate surface area is 111 Å². The minimum absolute atomic E-state index is 0.137. The summed E-state index contributed by atoms with van der Waals surface area (Å²) in [5.41, 5.74) is -0.147. The van der Waals surface area contributed by atoms with Gasteiger partial charge in [0, 0.05) is 6.54 Å². The highest BCUT2D eigenvalue weighted by Crippen LogP contribution is 2.45. The molecular weight excluding hydrogens is 246 g/mol. The van der Waals surface area contributed by atoms with Crippen LogP contribution in [0.1, 0.15) is 18.0 Å². The Morgan fingerprint density at radius 3 is 2.74 bits per heavy atom. The van der Waals surface area contributed by atoms with Crippen LogP contribution in [0.3, 0.4) is 0 Å². The van der Waals surface area contributed by atoms with Gasteiger partial charge in [0.2, 0.25) is 0 Å². The molecule has 2 saturated heterocycles. The molecule has 0 aromatic heterocycles. The zero-order chi connectivity index (χ0) is 13.5. The normalized spacial score (nSPS) is 30.9. The molecule has 1 amide bonds. The average molecular weight is 263 g/mol. The first-order chi connectivity index (χ1) is 9.23.